The molecule has 2 heterocycles. The summed E-state index contributed by atoms with van der Waals surface area (Å²) in [4.78, 5) is 12.8. The highest BCUT2D eigenvalue weighted by Gasteiger charge is 2.16. The molecule has 0 aliphatic carbocycles. The number of pyridine rings is 1. The maximum absolute atomic E-state index is 4.49. The van der Waals surface area contributed by atoms with Crippen LogP contribution in [0, 0.1) is 0 Å². The minimum absolute atomic E-state index is 0.0154. The monoisotopic (exact) mass is 250 g/mol. The molecule has 0 spiro atoms. The summed E-state index contributed by atoms with van der Waals surface area (Å²) in [5, 5.41) is 4.43. The highest BCUT2D eigenvalue weighted by molar-refractivity contribution is 5.82. The van der Waals surface area contributed by atoms with Gasteiger partial charge in [-0.15, -0.1) is 0 Å². The van der Waals surface area contributed by atoms with Crippen LogP contribution in [0.5, 0.6) is 0 Å². The molecule has 1 N–H and O–H groups in total. The number of hydrogen-bond acceptors (Lipinski definition) is 4. The van der Waals surface area contributed by atoms with Crippen molar-refractivity contribution >= 4 is 10.9 Å². The Hall–Kier alpha value is -2.33. The molecular formula is C15H14N4. The number of nitrogens with zero attached hydrogens (tertiary/aromatic N) is 3. The topological polar surface area (TPSA) is 50.7 Å². The molecule has 94 valence electrons. The molecule has 0 aliphatic rings. The van der Waals surface area contributed by atoms with Crippen LogP contribution in [0.1, 0.15) is 17.3 Å². The van der Waals surface area contributed by atoms with Crippen LogP contribution in [0.15, 0.2) is 55.1 Å². The fourth-order valence-corrected chi connectivity index (χ4v) is 2.30. The van der Waals surface area contributed by atoms with E-state index in [2.05, 4.69) is 38.5 Å². The van der Waals surface area contributed by atoms with Crippen molar-refractivity contribution in [3.8, 4) is 0 Å². The highest BCUT2D eigenvalue weighted by Crippen LogP contribution is 2.25. The number of fused-ring (bicyclic) bond motifs is 1. The summed E-state index contributed by atoms with van der Waals surface area (Å²) >= 11 is 0. The van der Waals surface area contributed by atoms with Crippen LogP contribution in [0.2, 0.25) is 0 Å². The van der Waals surface area contributed by atoms with Crippen molar-refractivity contribution < 1.29 is 0 Å². The van der Waals surface area contributed by atoms with Gasteiger partial charge in [0.1, 0.15) is 6.33 Å². The number of hydrogen-bond donors (Lipinski definition) is 1. The molecule has 4 heteroatoms. The third-order valence-corrected chi connectivity index (χ3v) is 3.16. The van der Waals surface area contributed by atoms with Gasteiger partial charge in [-0.05, 0) is 19.2 Å². The molecule has 0 saturated carbocycles. The molecule has 0 saturated heterocycles. The van der Waals surface area contributed by atoms with E-state index in [1.165, 1.54) is 0 Å². The molecule has 0 radical (unpaired) electrons. The van der Waals surface area contributed by atoms with Crippen molar-refractivity contribution in [1.29, 1.82) is 0 Å². The number of aromatic nitrogens is 3. The molecule has 1 aromatic carbocycles. The summed E-state index contributed by atoms with van der Waals surface area (Å²) in [5.74, 6) is 0. The molecule has 0 fully saturated rings. The fourth-order valence-electron chi connectivity index (χ4n) is 2.30. The molecule has 2 aromatic heterocycles. The zero-order chi connectivity index (χ0) is 13.1. The highest BCUT2D eigenvalue weighted by atomic mass is 14.9. The lowest BCUT2D eigenvalue weighted by Gasteiger charge is -2.17. The molecular weight excluding hydrogens is 236 g/mol. The standard InChI is InChI=1S/C15H14N4/c1-16-15(13-7-9-17-10-19-13)12-6-2-4-11-5-3-8-18-14(11)12/h2-10,15-16H,1H3. The lowest BCUT2D eigenvalue weighted by atomic mass is 10.00. The summed E-state index contributed by atoms with van der Waals surface area (Å²) in [7, 11) is 1.93. The van der Waals surface area contributed by atoms with Crippen molar-refractivity contribution in [3.63, 3.8) is 0 Å². The molecule has 1 unspecified atom stereocenters. The Morgan fingerprint density at radius 3 is 2.68 bits per heavy atom. The quantitative estimate of drug-likeness (QED) is 0.775. The Bertz CT molecular complexity index is 677. The van der Waals surface area contributed by atoms with Crippen molar-refractivity contribution in [2.75, 3.05) is 7.05 Å². The summed E-state index contributed by atoms with van der Waals surface area (Å²) in [5.41, 5.74) is 3.07. The van der Waals surface area contributed by atoms with E-state index in [1.54, 1.807) is 12.5 Å². The van der Waals surface area contributed by atoms with Gasteiger partial charge in [0, 0.05) is 23.3 Å². The van der Waals surface area contributed by atoms with Gasteiger partial charge in [0.15, 0.2) is 0 Å². The number of rotatable bonds is 3. The SMILES string of the molecule is CNC(c1ccncn1)c1cccc2cccnc12. The smallest absolute Gasteiger partial charge is 0.115 e. The van der Waals surface area contributed by atoms with Crippen LogP contribution in [0.25, 0.3) is 10.9 Å². The Morgan fingerprint density at radius 2 is 1.89 bits per heavy atom. The summed E-state index contributed by atoms with van der Waals surface area (Å²) < 4.78 is 0. The Morgan fingerprint density at radius 1 is 1.00 bits per heavy atom. The molecule has 19 heavy (non-hydrogen) atoms. The zero-order valence-electron chi connectivity index (χ0n) is 10.6. The van der Waals surface area contributed by atoms with Gasteiger partial charge in [-0.2, -0.15) is 0 Å². The van der Waals surface area contributed by atoms with Crippen LogP contribution in [-0.4, -0.2) is 22.0 Å². The van der Waals surface area contributed by atoms with E-state index in [1.807, 2.05) is 31.4 Å². The Kier molecular flexibility index (Phi) is 3.16. The summed E-state index contributed by atoms with van der Waals surface area (Å²) in [6, 6.07) is 12.1. The largest absolute Gasteiger partial charge is 0.308 e. The van der Waals surface area contributed by atoms with E-state index in [-0.39, 0.29) is 6.04 Å². The molecule has 0 aliphatic heterocycles. The molecule has 1 atom stereocenters. The fraction of sp³-hybridized carbons (Fsp3) is 0.133. The Balaban J connectivity index is 2.17. The predicted octanol–water partition coefficient (Wildman–Crippen LogP) is 2.33. The van der Waals surface area contributed by atoms with Gasteiger partial charge >= 0.3 is 0 Å². The third-order valence-electron chi connectivity index (χ3n) is 3.16. The van der Waals surface area contributed by atoms with Gasteiger partial charge in [-0.25, -0.2) is 9.97 Å². The van der Waals surface area contributed by atoms with Gasteiger partial charge in [-0.3, -0.25) is 4.98 Å². The molecule has 4 nitrogen and oxygen atoms in total. The van der Waals surface area contributed by atoms with Crippen LogP contribution in [0.4, 0.5) is 0 Å². The van der Waals surface area contributed by atoms with E-state index < -0.39 is 0 Å². The molecule has 3 rings (SSSR count). The van der Waals surface area contributed by atoms with E-state index in [0.717, 1.165) is 22.2 Å². The second-order valence-electron chi connectivity index (χ2n) is 4.28. The Labute approximate surface area is 111 Å². The van der Waals surface area contributed by atoms with Crippen molar-refractivity contribution in [1.82, 2.24) is 20.3 Å². The third kappa shape index (κ3) is 2.18. The van der Waals surface area contributed by atoms with Crippen molar-refractivity contribution in [2.24, 2.45) is 0 Å². The second-order valence-corrected chi connectivity index (χ2v) is 4.28. The average Bonchev–Trinajstić information content (AvgIpc) is 2.49. The first-order chi connectivity index (χ1) is 9.40. The molecule has 0 amide bonds. The van der Waals surface area contributed by atoms with Crippen LogP contribution in [0.3, 0.4) is 0 Å². The minimum Gasteiger partial charge on any atom is -0.308 e. The lowest BCUT2D eigenvalue weighted by Crippen LogP contribution is -2.19. The molecule has 0 bridgehead atoms. The minimum atomic E-state index is 0.0154. The second kappa shape index (κ2) is 5.12. The summed E-state index contributed by atoms with van der Waals surface area (Å²) in [6.07, 6.45) is 5.14. The first kappa shape index (κ1) is 11.7. The summed E-state index contributed by atoms with van der Waals surface area (Å²) in [6.45, 7) is 0. The van der Waals surface area contributed by atoms with Gasteiger partial charge in [0.05, 0.1) is 17.3 Å². The van der Waals surface area contributed by atoms with Gasteiger partial charge in [-0.1, -0.05) is 24.3 Å². The average molecular weight is 250 g/mol. The first-order valence-corrected chi connectivity index (χ1v) is 6.17. The van der Waals surface area contributed by atoms with E-state index in [4.69, 9.17) is 0 Å². The normalized spacial score (nSPS) is 12.5. The first-order valence-electron chi connectivity index (χ1n) is 6.17. The predicted molar refractivity (Wildman–Crippen MR) is 74.7 cm³/mol. The molecule has 3 aromatic rings. The van der Waals surface area contributed by atoms with E-state index >= 15 is 0 Å². The number of benzene rings is 1. The maximum Gasteiger partial charge on any atom is 0.115 e. The lowest BCUT2D eigenvalue weighted by molar-refractivity contribution is 0.671. The van der Waals surface area contributed by atoms with Crippen LogP contribution >= 0.6 is 0 Å². The van der Waals surface area contributed by atoms with Gasteiger partial charge in [0.2, 0.25) is 0 Å². The van der Waals surface area contributed by atoms with Crippen molar-refractivity contribution in [3.05, 3.63) is 66.4 Å². The van der Waals surface area contributed by atoms with E-state index in [0.29, 0.717) is 0 Å². The van der Waals surface area contributed by atoms with Gasteiger partial charge < -0.3 is 5.32 Å². The maximum atomic E-state index is 4.49. The zero-order valence-corrected chi connectivity index (χ0v) is 10.6. The van der Waals surface area contributed by atoms with Gasteiger partial charge in [0.25, 0.3) is 0 Å². The van der Waals surface area contributed by atoms with Crippen LogP contribution in [-0.2, 0) is 0 Å². The number of nitrogens with one attached hydrogen (secondary N) is 1. The van der Waals surface area contributed by atoms with E-state index in [9.17, 15) is 0 Å². The van der Waals surface area contributed by atoms with Crippen LogP contribution < -0.4 is 5.32 Å². The number of para-hydroxylation sites is 1. The van der Waals surface area contributed by atoms with Crippen molar-refractivity contribution in [2.45, 2.75) is 6.04 Å².